The van der Waals surface area contributed by atoms with Crippen LogP contribution < -0.4 is 10.6 Å². The molecule has 2 amide bonds. The zero-order valence-corrected chi connectivity index (χ0v) is 18.1. The molecule has 0 fully saturated rings. The summed E-state index contributed by atoms with van der Waals surface area (Å²) in [5, 5.41) is 5.63. The first-order chi connectivity index (χ1) is 15.5. The minimum Gasteiger partial charge on any atom is -0.459 e. The highest BCUT2D eigenvalue weighted by Crippen LogP contribution is 2.20. The van der Waals surface area contributed by atoms with Crippen molar-refractivity contribution in [2.75, 3.05) is 11.9 Å². The maximum atomic E-state index is 12.5. The van der Waals surface area contributed by atoms with E-state index in [9.17, 15) is 14.4 Å². The van der Waals surface area contributed by atoms with E-state index < -0.39 is 18.5 Å². The monoisotopic (exact) mass is 434 g/mol. The lowest BCUT2D eigenvalue weighted by atomic mass is 10.0. The summed E-state index contributed by atoms with van der Waals surface area (Å²) in [4.78, 5) is 37.1. The van der Waals surface area contributed by atoms with Gasteiger partial charge >= 0.3 is 5.97 Å². The van der Waals surface area contributed by atoms with Crippen molar-refractivity contribution < 1.29 is 23.5 Å². The highest BCUT2D eigenvalue weighted by Gasteiger charge is 2.17. The SMILES string of the molecule is CCCC(NC(=O)COC(=O)c1ccc(C)c(NC(=O)c2ccco2)c1)c1ccccc1. The van der Waals surface area contributed by atoms with Crippen LogP contribution in [0.15, 0.2) is 71.3 Å². The van der Waals surface area contributed by atoms with Gasteiger partial charge in [-0.25, -0.2) is 4.79 Å². The third kappa shape index (κ3) is 6.07. The van der Waals surface area contributed by atoms with Crippen LogP contribution >= 0.6 is 0 Å². The lowest BCUT2D eigenvalue weighted by Crippen LogP contribution is -2.32. The third-order valence-electron chi connectivity index (χ3n) is 4.92. The molecule has 2 aromatic carbocycles. The lowest BCUT2D eigenvalue weighted by molar-refractivity contribution is -0.125. The van der Waals surface area contributed by atoms with Crippen molar-refractivity contribution in [2.24, 2.45) is 0 Å². The third-order valence-corrected chi connectivity index (χ3v) is 4.92. The maximum absolute atomic E-state index is 12.5. The smallest absolute Gasteiger partial charge is 0.338 e. The highest BCUT2D eigenvalue weighted by molar-refractivity contribution is 6.03. The van der Waals surface area contributed by atoms with Crippen molar-refractivity contribution in [3.63, 3.8) is 0 Å². The molecule has 7 heteroatoms. The number of hydrogen-bond acceptors (Lipinski definition) is 5. The first-order valence-corrected chi connectivity index (χ1v) is 10.4. The van der Waals surface area contributed by atoms with Gasteiger partial charge in [0.25, 0.3) is 11.8 Å². The number of carbonyl (C=O) groups excluding carboxylic acids is 3. The summed E-state index contributed by atoms with van der Waals surface area (Å²) in [6.45, 7) is 3.45. The Bertz CT molecular complexity index is 1060. The molecule has 1 heterocycles. The van der Waals surface area contributed by atoms with Gasteiger partial charge in [-0.3, -0.25) is 9.59 Å². The molecular weight excluding hydrogens is 408 g/mol. The average molecular weight is 434 g/mol. The van der Waals surface area contributed by atoms with Gasteiger partial charge in [-0.15, -0.1) is 0 Å². The molecule has 0 aliphatic rings. The number of nitrogens with one attached hydrogen (secondary N) is 2. The summed E-state index contributed by atoms with van der Waals surface area (Å²) in [6, 6.07) is 17.5. The number of ether oxygens (including phenoxy) is 1. The predicted octanol–water partition coefficient (Wildman–Crippen LogP) is 4.65. The Balaban J connectivity index is 1.59. The molecule has 32 heavy (non-hydrogen) atoms. The molecule has 0 aliphatic carbocycles. The van der Waals surface area contributed by atoms with Crippen molar-refractivity contribution in [1.29, 1.82) is 0 Å². The van der Waals surface area contributed by atoms with Crippen LogP contribution in [-0.4, -0.2) is 24.4 Å². The van der Waals surface area contributed by atoms with E-state index in [2.05, 4.69) is 10.6 Å². The minimum absolute atomic E-state index is 0.143. The van der Waals surface area contributed by atoms with E-state index in [1.165, 1.54) is 12.3 Å². The van der Waals surface area contributed by atoms with Crippen LogP contribution in [0.1, 0.15) is 57.8 Å². The Kier molecular flexibility index (Phi) is 7.80. The molecule has 0 aliphatic heterocycles. The van der Waals surface area contributed by atoms with Crippen LogP contribution in [0.4, 0.5) is 5.69 Å². The van der Waals surface area contributed by atoms with E-state index in [0.717, 1.165) is 24.0 Å². The van der Waals surface area contributed by atoms with Crippen LogP contribution in [0.3, 0.4) is 0 Å². The number of amides is 2. The molecule has 1 atom stereocenters. The summed E-state index contributed by atoms with van der Waals surface area (Å²) >= 11 is 0. The van der Waals surface area contributed by atoms with Crippen LogP contribution in [0.2, 0.25) is 0 Å². The van der Waals surface area contributed by atoms with E-state index in [-0.39, 0.29) is 23.3 Å². The zero-order chi connectivity index (χ0) is 22.9. The topological polar surface area (TPSA) is 97.6 Å². The Morgan fingerprint density at radius 2 is 1.81 bits per heavy atom. The molecule has 1 aromatic heterocycles. The van der Waals surface area contributed by atoms with Crippen LogP contribution in [0.5, 0.6) is 0 Å². The molecule has 0 spiro atoms. The second-order valence-corrected chi connectivity index (χ2v) is 7.36. The molecule has 0 saturated carbocycles. The van der Waals surface area contributed by atoms with Gasteiger partial charge in [0.15, 0.2) is 12.4 Å². The van der Waals surface area contributed by atoms with E-state index in [1.807, 2.05) is 37.3 Å². The summed E-state index contributed by atoms with van der Waals surface area (Å²) in [5.74, 6) is -1.29. The van der Waals surface area contributed by atoms with Gasteiger partial charge in [0, 0.05) is 5.69 Å². The Hall–Kier alpha value is -3.87. The molecule has 1 unspecified atom stereocenters. The van der Waals surface area contributed by atoms with Gasteiger partial charge in [0.2, 0.25) is 0 Å². The number of hydrogen-bond donors (Lipinski definition) is 2. The van der Waals surface area contributed by atoms with Crippen molar-refractivity contribution >= 4 is 23.5 Å². The largest absolute Gasteiger partial charge is 0.459 e. The van der Waals surface area contributed by atoms with E-state index in [0.29, 0.717) is 5.69 Å². The summed E-state index contributed by atoms with van der Waals surface area (Å²) < 4.78 is 10.3. The first kappa shape index (κ1) is 22.8. The molecule has 7 nitrogen and oxygen atoms in total. The number of rotatable bonds is 9. The van der Waals surface area contributed by atoms with Gasteiger partial charge in [0.05, 0.1) is 17.9 Å². The van der Waals surface area contributed by atoms with Crippen molar-refractivity contribution in [2.45, 2.75) is 32.7 Å². The summed E-state index contributed by atoms with van der Waals surface area (Å²) in [5.41, 5.74) is 2.46. The van der Waals surface area contributed by atoms with Gasteiger partial charge in [0.1, 0.15) is 0 Å². The number of carbonyl (C=O) groups is 3. The van der Waals surface area contributed by atoms with Gasteiger partial charge in [-0.05, 0) is 48.7 Å². The number of furan rings is 1. The predicted molar refractivity (Wildman–Crippen MR) is 120 cm³/mol. The Morgan fingerprint density at radius 1 is 1.03 bits per heavy atom. The fourth-order valence-electron chi connectivity index (χ4n) is 3.22. The summed E-state index contributed by atoms with van der Waals surface area (Å²) in [6.07, 6.45) is 3.08. The molecule has 0 bridgehead atoms. The molecule has 0 saturated heterocycles. The first-order valence-electron chi connectivity index (χ1n) is 10.4. The van der Waals surface area contributed by atoms with Crippen molar-refractivity contribution in [3.05, 3.63) is 89.4 Å². The van der Waals surface area contributed by atoms with E-state index in [4.69, 9.17) is 9.15 Å². The average Bonchev–Trinajstić information content (AvgIpc) is 3.34. The van der Waals surface area contributed by atoms with E-state index in [1.54, 1.807) is 31.2 Å². The summed E-state index contributed by atoms with van der Waals surface area (Å²) in [7, 11) is 0. The molecule has 2 N–H and O–H groups in total. The minimum atomic E-state index is -0.652. The lowest BCUT2D eigenvalue weighted by Gasteiger charge is -2.18. The van der Waals surface area contributed by atoms with Crippen LogP contribution in [-0.2, 0) is 9.53 Å². The van der Waals surface area contributed by atoms with Crippen molar-refractivity contribution in [1.82, 2.24) is 5.32 Å². The number of benzene rings is 2. The molecule has 3 aromatic rings. The number of anilines is 1. The number of esters is 1. The molecule has 0 radical (unpaired) electrons. The highest BCUT2D eigenvalue weighted by atomic mass is 16.5. The van der Waals surface area contributed by atoms with E-state index >= 15 is 0 Å². The Morgan fingerprint density at radius 3 is 2.50 bits per heavy atom. The normalized spacial score (nSPS) is 11.4. The Labute approximate surface area is 186 Å². The molecule has 166 valence electrons. The second kappa shape index (κ2) is 10.9. The van der Waals surface area contributed by atoms with Crippen LogP contribution in [0.25, 0.3) is 0 Å². The van der Waals surface area contributed by atoms with Gasteiger partial charge in [-0.1, -0.05) is 49.7 Å². The fourth-order valence-corrected chi connectivity index (χ4v) is 3.22. The maximum Gasteiger partial charge on any atom is 0.338 e. The molecule has 3 rings (SSSR count). The standard InChI is InChI=1S/C25H26N2O5/c1-3-8-20(18-9-5-4-6-10-18)26-23(28)16-32-25(30)19-13-12-17(2)21(15-19)27-24(29)22-11-7-14-31-22/h4-7,9-15,20H,3,8,16H2,1-2H3,(H,26,28)(H,27,29). The van der Waals surface area contributed by atoms with Gasteiger partial charge < -0.3 is 19.8 Å². The number of aryl methyl sites for hydroxylation is 1. The quantitative estimate of drug-likeness (QED) is 0.478. The molecular formula is C25H26N2O5. The van der Waals surface area contributed by atoms with Gasteiger partial charge in [-0.2, -0.15) is 0 Å². The second-order valence-electron chi connectivity index (χ2n) is 7.36. The van der Waals surface area contributed by atoms with Crippen LogP contribution in [0, 0.1) is 6.92 Å². The van der Waals surface area contributed by atoms with Crippen molar-refractivity contribution in [3.8, 4) is 0 Å². The fraction of sp³-hybridized carbons (Fsp3) is 0.240. The zero-order valence-electron chi connectivity index (χ0n) is 18.1.